The van der Waals surface area contributed by atoms with Gasteiger partial charge in [0, 0.05) is 11.7 Å². The van der Waals surface area contributed by atoms with E-state index in [2.05, 4.69) is 63.9 Å². The molecular formula is C17H27N. The summed E-state index contributed by atoms with van der Waals surface area (Å²) < 4.78 is 0. The highest BCUT2D eigenvalue weighted by molar-refractivity contribution is 5.23. The number of benzene rings is 1. The van der Waals surface area contributed by atoms with E-state index in [4.69, 9.17) is 0 Å². The fourth-order valence-corrected chi connectivity index (χ4v) is 2.09. The van der Waals surface area contributed by atoms with Gasteiger partial charge in [-0.3, -0.25) is 0 Å². The van der Waals surface area contributed by atoms with Crippen molar-refractivity contribution < 1.29 is 0 Å². The molecule has 0 aromatic heterocycles. The van der Waals surface area contributed by atoms with Crippen LogP contribution in [0.25, 0.3) is 0 Å². The van der Waals surface area contributed by atoms with Gasteiger partial charge in [-0.25, -0.2) is 0 Å². The summed E-state index contributed by atoms with van der Waals surface area (Å²) in [4.78, 5) is 0. The van der Waals surface area contributed by atoms with Crippen LogP contribution in [0.15, 0.2) is 36.5 Å². The molecule has 0 unspecified atom stereocenters. The van der Waals surface area contributed by atoms with E-state index in [9.17, 15) is 0 Å². The van der Waals surface area contributed by atoms with Gasteiger partial charge in [0.1, 0.15) is 0 Å². The average molecular weight is 245 g/mol. The van der Waals surface area contributed by atoms with Crippen LogP contribution in [0.1, 0.15) is 45.2 Å². The summed E-state index contributed by atoms with van der Waals surface area (Å²) in [5.74, 6) is 0.728. The van der Waals surface area contributed by atoms with Crippen LogP contribution < -0.4 is 5.32 Å². The lowest BCUT2D eigenvalue weighted by Crippen LogP contribution is -2.21. The second-order valence-corrected chi connectivity index (χ2v) is 5.82. The molecule has 18 heavy (non-hydrogen) atoms. The molecule has 0 saturated carbocycles. The van der Waals surface area contributed by atoms with Gasteiger partial charge in [-0.1, -0.05) is 44.7 Å². The topological polar surface area (TPSA) is 12.0 Å². The largest absolute Gasteiger partial charge is 0.387 e. The minimum absolute atomic E-state index is 0.478. The van der Waals surface area contributed by atoms with E-state index in [-0.39, 0.29) is 0 Å². The Morgan fingerprint density at radius 3 is 2.11 bits per heavy atom. The second kappa shape index (κ2) is 7.25. The predicted octanol–water partition coefficient (Wildman–Crippen LogP) is 4.33. The zero-order chi connectivity index (χ0) is 13.5. The first-order valence-electron chi connectivity index (χ1n) is 6.99. The van der Waals surface area contributed by atoms with Gasteiger partial charge in [0.2, 0.25) is 0 Å². The molecule has 0 aliphatic carbocycles. The number of allylic oxidation sites excluding steroid dienone is 1. The van der Waals surface area contributed by atoms with Crippen molar-refractivity contribution in [1.29, 1.82) is 0 Å². The van der Waals surface area contributed by atoms with Crippen molar-refractivity contribution in [2.45, 2.75) is 53.0 Å². The van der Waals surface area contributed by atoms with Crippen molar-refractivity contribution in [3.63, 3.8) is 0 Å². The molecule has 100 valence electrons. The zero-order valence-electron chi connectivity index (χ0n) is 12.3. The monoisotopic (exact) mass is 245 g/mol. The fraction of sp³-hybridized carbons (Fsp3) is 0.529. The lowest BCUT2D eigenvalue weighted by molar-refractivity contribution is 0.642. The van der Waals surface area contributed by atoms with E-state index in [1.807, 2.05) is 0 Å². The molecule has 1 rings (SSSR count). The summed E-state index contributed by atoms with van der Waals surface area (Å²) in [7, 11) is 0. The SMILES string of the molecule is C=C(CCc1ccc(CC(C)C)cc1)NC(C)C. The summed E-state index contributed by atoms with van der Waals surface area (Å²) in [6, 6.07) is 9.49. The number of rotatable bonds is 7. The molecule has 1 aromatic carbocycles. The first-order chi connectivity index (χ1) is 8.47. The molecule has 0 radical (unpaired) electrons. The van der Waals surface area contributed by atoms with Crippen molar-refractivity contribution >= 4 is 0 Å². The van der Waals surface area contributed by atoms with Crippen LogP contribution in [0.2, 0.25) is 0 Å². The van der Waals surface area contributed by atoms with Crippen LogP contribution in [0.5, 0.6) is 0 Å². The maximum Gasteiger partial charge on any atom is 0.0201 e. The van der Waals surface area contributed by atoms with Gasteiger partial charge >= 0.3 is 0 Å². The number of hydrogen-bond donors (Lipinski definition) is 1. The van der Waals surface area contributed by atoms with Gasteiger partial charge < -0.3 is 5.32 Å². The molecule has 0 saturated heterocycles. The molecule has 1 N–H and O–H groups in total. The van der Waals surface area contributed by atoms with Crippen LogP contribution in [0, 0.1) is 5.92 Å². The summed E-state index contributed by atoms with van der Waals surface area (Å²) in [6.45, 7) is 12.9. The van der Waals surface area contributed by atoms with Gasteiger partial charge in [0.15, 0.2) is 0 Å². The fourth-order valence-electron chi connectivity index (χ4n) is 2.09. The highest BCUT2D eigenvalue weighted by atomic mass is 14.9. The third-order valence-electron chi connectivity index (χ3n) is 2.88. The van der Waals surface area contributed by atoms with Crippen molar-refractivity contribution in [2.24, 2.45) is 5.92 Å². The van der Waals surface area contributed by atoms with Gasteiger partial charge in [-0.2, -0.15) is 0 Å². The summed E-state index contributed by atoms with van der Waals surface area (Å²) in [5, 5.41) is 3.36. The molecule has 0 spiro atoms. The van der Waals surface area contributed by atoms with Crippen LogP contribution in [-0.4, -0.2) is 6.04 Å². The highest BCUT2D eigenvalue weighted by Gasteiger charge is 2.00. The number of aryl methyl sites for hydroxylation is 1. The summed E-state index contributed by atoms with van der Waals surface area (Å²) in [5.41, 5.74) is 3.97. The van der Waals surface area contributed by atoms with Crippen molar-refractivity contribution in [1.82, 2.24) is 5.32 Å². The molecule has 0 atom stereocenters. The second-order valence-electron chi connectivity index (χ2n) is 5.82. The maximum atomic E-state index is 4.06. The summed E-state index contributed by atoms with van der Waals surface area (Å²) >= 11 is 0. The molecule has 0 fully saturated rings. The van der Waals surface area contributed by atoms with E-state index < -0.39 is 0 Å². The Morgan fingerprint density at radius 2 is 1.61 bits per heavy atom. The Hall–Kier alpha value is -1.24. The van der Waals surface area contributed by atoms with Crippen LogP contribution >= 0.6 is 0 Å². The van der Waals surface area contributed by atoms with Crippen LogP contribution in [-0.2, 0) is 12.8 Å². The minimum Gasteiger partial charge on any atom is -0.387 e. The molecule has 0 amide bonds. The zero-order valence-corrected chi connectivity index (χ0v) is 12.3. The smallest absolute Gasteiger partial charge is 0.0201 e. The van der Waals surface area contributed by atoms with Gasteiger partial charge in [0.25, 0.3) is 0 Å². The third kappa shape index (κ3) is 5.90. The Morgan fingerprint density at radius 1 is 1.06 bits per heavy atom. The van der Waals surface area contributed by atoms with E-state index in [1.165, 1.54) is 17.5 Å². The van der Waals surface area contributed by atoms with Crippen LogP contribution in [0.3, 0.4) is 0 Å². The van der Waals surface area contributed by atoms with E-state index >= 15 is 0 Å². The Labute approximate surface area is 112 Å². The molecule has 0 aliphatic rings. The first-order valence-corrected chi connectivity index (χ1v) is 6.99. The van der Waals surface area contributed by atoms with E-state index in [1.54, 1.807) is 0 Å². The van der Waals surface area contributed by atoms with Gasteiger partial charge in [0.05, 0.1) is 0 Å². The van der Waals surface area contributed by atoms with E-state index in [0.29, 0.717) is 6.04 Å². The number of nitrogens with one attached hydrogen (secondary N) is 1. The van der Waals surface area contributed by atoms with Crippen LogP contribution in [0.4, 0.5) is 0 Å². The molecular weight excluding hydrogens is 218 g/mol. The van der Waals surface area contributed by atoms with Crippen molar-refractivity contribution in [3.05, 3.63) is 47.7 Å². The predicted molar refractivity (Wildman–Crippen MR) is 80.7 cm³/mol. The lowest BCUT2D eigenvalue weighted by atomic mass is 10.0. The Kier molecular flexibility index (Phi) is 5.97. The standard InChI is InChI=1S/C17H27N/c1-13(2)12-17-10-8-16(9-11-17)7-6-15(5)18-14(3)4/h8-11,13-14,18H,5-7,12H2,1-4H3. The van der Waals surface area contributed by atoms with Crippen molar-refractivity contribution in [2.75, 3.05) is 0 Å². The first kappa shape index (κ1) is 14.8. The Bertz CT molecular complexity index is 360. The highest BCUT2D eigenvalue weighted by Crippen LogP contribution is 2.12. The minimum atomic E-state index is 0.478. The van der Waals surface area contributed by atoms with Crippen molar-refractivity contribution in [3.8, 4) is 0 Å². The lowest BCUT2D eigenvalue weighted by Gasteiger charge is -2.13. The third-order valence-corrected chi connectivity index (χ3v) is 2.88. The van der Waals surface area contributed by atoms with E-state index in [0.717, 1.165) is 24.5 Å². The quantitative estimate of drug-likeness (QED) is 0.754. The van der Waals surface area contributed by atoms with Gasteiger partial charge in [-0.15, -0.1) is 0 Å². The molecule has 1 heteroatoms. The average Bonchev–Trinajstić information content (AvgIpc) is 2.26. The summed E-state index contributed by atoms with van der Waals surface area (Å²) in [6.07, 6.45) is 3.25. The maximum absolute atomic E-state index is 4.06. The van der Waals surface area contributed by atoms with Gasteiger partial charge in [-0.05, 0) is 50.2 Å². The Balaban J connectivity index is 2.41. The molecule has 0 aliphatic heterocycles. The normalized spacial score (nSPS) is 11.0. The number of hydrogen-bond acceptors (Lipinski definition) is 1. The molecule has 0 heterocycles. The molecule has 1 nitrogen and oxygen atoms in total. The molecule has 0 bridgehead atoms. The molecule has 1 aromatic rings.